The third kappa shape index (κ3) is 2.47. The number of benzene rings is 1. The van der Waals surface area contributed by atoms with Crippen LogP contribution in [0.2, 0.25) is 0 Å². The molecular formula is C14H18N2O2S. The first-order valence-electron chi connectivity index (χ1n) is 6.20. The molecule has 102 valence electrons. The summed E-state index contributed by atoms with van der Waals surface area (Å²) in [5, 5.41) is 0. The molecule has 1 fully saturated rings. The summed E-state index contributed by atoms with van der Waals surface area (Å²) < 4.78 is 0. The lowest BCUT2D eigenvalue weighted by Crippen LogP contribution is -2.63. The summed E-state index contributed by atoms with van der Waals surface area (Å²) in [5.74, 6) is -0.156. The number of hydrogen-bond acceptors (Lipinski definition) is 3. The zero-order valence-electron chi connectivity index (χ0n) is 11.4. The monoisotopic (exact) mass is 278 g/mol. The lowest BCUT2D eigenvalue weighted by Gasteiger charge is -2.44. The Morgan fingerprint density at radius 3 is 2.63 bits per heavy atom. The van der Waals surface area contributed by atoms with E-state index in [0.29, 0.717) is 18.7 Å². The van der Waals surface area contributed by atoms with Crippen LogP contribution in [-0.2, 0) is 4.79 Å². The first-order valence-corrected chi connectivity index (χ1v) is 6.65. The number of thiol groups is 1. The van der Waals surface area contributed by atoms with E-state index in [-0.39, 0.29) is 11.8 Å². The van der Waals surface area contributed by atoms with E-state index in [1.54, 1.807) is 48.9 Å². The fraction of sp³-hybridized carbons (Fsp3) is 0.429. The molecule has 1 aliphatic rings. The largest absolute Gasteiger partial charge is 0.342 e. The SMILES string of the molecule is CN1CCN(C(=O)c2cccc(S)c2)C(C)(C)C1=O. The van der Waals surface area contributed by atoms with Gasteiger partial charge in [0.05, 0.1) is 0 Å². The summed E-state index contributed by atoms with van der Waals surface area (Å²) in [6.45, 7) is 4.68. The smallest absolute Gasteiger partial charge is 0.254 e. The molecule has 0 aliphatic carbocycles. The van der Waals surface area contributed by atoms with Gasteiger partial charge in [-0.15, -0.1) is 12.6 Å². The van der Waals surface area contributed by atoms with Crippen molar-refractivity contribution in [3.8, 4) is 0 Å². The summed E-state index contributed by atoms with van der Waals surface area (Å²) >= 11 is 4.24. The predicted octanol–water partition coefficient (Wildman–Crippen LogP) is 1.67. The van der Waals surface area contributed by atoms with Crippen molar-refractivity contribution in [2.45, 2.75) is 24.3 Å². The summed E-state index contributed by atoms with van der Waals surface area (Å²) in [7, 11) is 1.76. The van der Waals surface area contributed by atoms with Gasteiger partial charge >= 0.3 is 0 Å². The van der Waals surface area contributed by atoms with Crippen molar-refractivity contribution in [1.82, 2.24) is 9.80 Å². The number of nitrogens with zero attached hydrogens (tertiary/aromatic N) is 2. The van der Waals surface area contributed by atoms with E-state index < -0.39 is 5.54 Å². The topological polar surface area (TPSA) is 40.6 Å². The van der Waals surface area contributed by atoms with Gasteiger partial charge in [-0.05, 0) is 32.0 Å². The minimum Gasteiger partial charge on any atom is -0.342 e. The van der Waals surface area contributed by atoms with Crippen LogP contribution in [0.4, 0.5) is 0 Å². The van der Waals surface area contributed by atoms with Gasteiger partial charge in [0.15, 0.2) is 0 Å². The molecule has 1 aromatic rings. The van der Waals surface area contributed by atoms with Gasteiger partial charge in [0.2, 0.25) is 5.91 Å². The van der Waals surface area contributed by atoms with Crippen molar-refractivity contribution < 1.29 is 9.59 Å². The minimum atomic E-state index is -0.809. The molecule has 0 unspecified atom stereocenters. The molecule has 0 bridgehead atoms. The molecule has 1 aromatic carbocycles. The van der Waals surface area contributed by atoms with Gasteiger partial charge in [0, 0.05) is 30.6 Å². The Labute approximate surface area is 118 Å². The van der Waals surface area contributed by atoms with Crippen LogP contribution in [0.15, 0.2) is 29.2 Å². The molecule has 0 saturated carbocycles. The molecule has 0 atom stereocenters. The maximum absolute atomic E-state index is 12.5. The first-order chi connectivity index (χ1) is 8.84. The lowest BCUT2D eigenvalue weighted by molar-refractivity contribution is -0.144. The van der Waals surface area contributed by atoms with E-state index in [0.717, 1.165) is 4.90 Å². The Hall–Kier alpha value is -1.49. The maximum Gasteiger partial charge on any atom is 0.254 e. The van der Waals surface area contributed by atoms with Gasteiger partial charge < -0.3 is 9.80 Å². The van der Waals surface area contributed by atoms with Crippen LogP contribution >= 0.6 is 12.6 Å². The molecule has 0 aromatic heterocycles. The summed E-state index contributed by atoms with van der Waals surface area (Å²) in [6.07, 6.45) is 0. The third-order valence-corrected chi connectivity index (χ3v) is 3.82. The van der Waals surface area contributed by atoms with E-state index in [1.807, 2.05) is 6.07 Å². The number of rotatable bonds is 1. The second kappa shape index (κ2) is 4.89. The number of carbonyl (C=O) groups excluding carboxylic acids is 2. The molecule has 0 spiro atoms. The van der Waals surface area contributed by atoms with E-state index in [2.05, 4.69) is 12.6 Å². The van der Waals surface area contributed by atoms with Crippen LogP contribution in [0, 0.1) is 0 Å². The van der Waals surface area contributed by atoms with Crippen LogP contribution in [0.1, 0.15) is 24.2 Å². The number of amides is 2. The number of likely N-dealkylation sites (N-methyl/N-ethyl adjacent to an activating group) is 1. The second-order valence-corrected chi connectivity index (χ2v) is 5.81. The molecule has 4 nitrogen and oxygen atoms in total. The molecule has 1 saturated heterocycles. The van der Waals surface area contributed by atoms with Crippen LogP contribution in [-0.4, -0.2) is 47.3 Å². The molecular weight excluding hydrogens is 260 g/mol. The quantitative estimate of drug-likeness (QED) is 0.794. The summed E-state index contributed by atoms with van der Waals surface area (Å²) in [4.78, 5) is 28.8. The predicted molar refractivity (Wildman–Crippen MR) is 76.4 cm³/mol. The van der Waals surface area contributed by atoms with Crippen LogP contribution < -0.4 is 0 Å². The highest BCUT2D eigenvalue weighted by molar-refractivity contribution is 7.80. The van der Waals surface area contributed by atoms with E-state index in [4.69, 9.17) is 0 Å². The summed E-state index contributed by atoms with van der Waals surface area (Å²) in [5.41, 5.74) is -0.241. The van der Waals surface area contributed by atoms with Crippen molar-refractivity contribution >= 4 is 24.4 Å². The van der Waals surface area contributed by atoms with Gasteiger partial charge in [-0.25, -0.2) is 0 Å². The van der Waals surface area contributed by atoms with Crippen molar-refractivity contribution in [2.75, 3.05) is 20.1 Å². The number of hydrogen-bond donors (Lipinski definition) is 1. The van der Waals surface area contributed by atoms with Gasteiger partial charge in [0.1, 0.15) is 5.54 Å². The van der Waals surface area contributed by atoms with Crippen LogP contribution in [0.5, 0.6) is 0 Å². The molecule has 0 N–H and O–H groups in total. The van der Waals surface area contributed by atoms with Gasteiger partial charge in [-0.2, -0.15) is 0 Å². The van der Waals surface area contributed by atoms with Crippen molar-refractivity contribution in [2.24, 2.45) is 0 Å². The first kappa shape index (κ1) is 13.9. The van der Waals surface area contributed by atoms with Crippen molar-refractivity contribution in [3.63, 3.8) is 0 Å². The molecule has 2 rings (SSSR count). The fourth-order valence-corrected chi connectivity index (χ4v) is 2.59. The Bertz CT molecular complexity index is 528. The highest BCUT2D eigenvalue weighted by atomic mass is 32.1. The standard InChI is InChI=1S/C14H18N2O2S/c1-14(2)13(18)15(3)7-8-16(14)12(17)10-5-4-6-11(19)9-10/h4-6,9,19H,7-8H2,1-3H3. The molecule has 5 heteroatoms. The highest BCUT2D eigenvalue weighted by Gasteiger charge is 2.43. The molecule has 0 radical (unpaired) electrons. The number of carbonyl (C=O) groups is 2. The van der Waals surface area contributed by atoms with Crippen LogP contribution in [0.3, 0.4) is 0 Å². The Morgan fingerprint density at radius 1 is 1.32 bits per heavy atom. The average Bonchev–Trinajstić information content (AvgIpc) is 2.35. The van der Waals surface area contributed by atoms with E-state index in [1.165, 1.54) is 0 Å². The Morgan fingerprint density at radius 2 is 2.00 bits per heavy atom. The maximum atomic E-state index is 12.5. The number of piperazine rings is 1. The lowest BCUT2D eigenvalue weighted by atomic mass is 9.96. The normalized spacial score (nSPS) is 18.6. The molecule has 2 amide bonds. The fourth-order valence-electron chi connectivity index (χ4n) is 2.36. The zero-order valence-corrected chi connectivity index (χ0v) is 12.3. The van der Waals surface area contributed by atoms with E-state index >= 15 is 0 Å². The Balaban J connectivity index is 2.31. The Kier molecular flexibility index (Phi) is 3.58. The minimum absolute atomic E-state index is 0.0332. The van der Waals surface area contributed by atoms with Crippen molar-refractivity contribution in [1.29, 1.82) is 0 Å². The molecule has 1 aliphatic heterocycles. The summed E-state index contributed by atoms with van der Waals surface area (Å²) in [6, 6.07) is 7.09. The van der Waals surface area contributed by atoms with E-state index in [9.17, 15) is 9.59 Å². The highest BCUT2D eigenvalue weighted by Crippen LogP contribution is 2.24. The average molecular weight is 278 g/mol. The zero-order chi connectivity index (χ0) is 14.2. The molecule has 19 heavy (non-hydrogen) atoms. The van der Waals surface area contributed by atoms with Gasteiger partial charge in [-0.3, -0.25) is 9.59 Å². The van der Waals surface area contributed by atoms with Gasteiger partial charge in [-0.1, -0.05) is 6.07 Å². The third-order valence-electron chi connectivity index (χ3n) is 3.54. The van der Waals surface area contributed by atoms with Gasteiger partial charge in [0.25, 0.3) is 5.91 Å². The molecule has 1 heterocycles. The second-order valence-electron chi connectivity index (χ2n) is 5.29. The van der Waals surface area contributed by atoms with Crippen molar-refractivity contribution in [3.05, 3.63) is 29.8 Å². The van der Waals surface area contributed by atoms with Crippen LogP contribution in [0.25, 0.3) is 0 Å².